The molecular weight excluding hydrogens is 262 g/mol. The first-order valence-electron chi connectivity index (χ1n) is 7.42. The van der Waals surface area contributed by atoms with Gasteiger partial charge in [0.25, 0.3) is 0 Å². The van der Waals surface area contributed by atoms with E-state index in [2.05, 4.69) is 43.4 Å². The lowest BCUT2D eigenvalue weighted by Crippen LogP contribution is -2.24. The molecule has 1 unspecified atom stereocenters. The summed E-state index contributed by atoms with van der Waals surface area (Å²) < 4.78 is 11.7. The van der Waals surface area contributed by atoms with E-state index in [9.17, 15) is 0 Å². The van der Waals surface area contributed by atoms with E-state index in [-0.39, 0.29) is 6.10 Å². The van der Waals surface area contributed by atoms with Gasteiger partial charge in [0, 0.05) is 0 Å². The summed E-state index contributed by atoms with van der Waals surface area (Å²) in [6, 6.07) is 12.4. The molecule has 0 saturated carbocycles. The third-order valence-electron chi connectivity index (χ3n) is 3.72. The maximum absolute atomic E-state index is 6.20. The highest BCUT2D eigenvalue weighted by molar-refractivity contribution is 5.63. The van der Waals surface area contributed by atoms with Crippen LogP contribution in [-0.4, -0.2) is 13.2 Å². The lowest BCUT2D eigenvalue weighted by atomic mass is 10.0. The molecule has 0 amide bonds. The van der Waals surface area contributed by atoms with Gasteiger partial charge in [0.05, 0.1) is 18.8 Å². The van der Waals surface area contributed by atoms with E-state index in [0.29, 0.717) is 6.61 Å². The molecule has 1 heterocycles. The molecule has 1 aliphatic heterocycles. The van der Waals surface area contributed by atoms with Crippen molar-refractivity contribution >= 4 is 5.69 Å². The molecule has 110 valence electrons. The summed E-state index contributed by atoms with van der Waals surface area (Å²) in [5.41, 5.74) is 4.68. The predicted molar refractivity (Wildman–Crippen MR) is 85.4 cm³/mol. The first-order valence-corrected chi connectivity index (χ1v) is 7.42. The number of hydrogen-bond donors (Lipinski definition) is 1. The van der Waals surface area contributed by atoms with Crippen LogP contribution in [0.25, 0.3) is 0 Å². The molecule has 2 aromatic carbocycles. The van der Waals surface area contributed by atoms with Crippen LogP contribution in [0.2, 0.25) is 0 Å². The van der Waals surface area contributed by atoms with E-state index in [1.54, 1.807) is 0 Å². The number of aryl methyl sites for hydroxylation is 2. The second-order valence-electron chi connectivity index (χ2n) is 5.45. The molecule has 1 aliphatic rings. The zero-order chi connectivity index (χ0) is 14.8. The molecule has 21 heavy (non-hydrogen) atoms. The Hall–Kier alpha value is -2.16. The highest BCUT2D eigenvalue weighted by Crippen LogP contribution is 2.37. The highest BCUT2D eigenvalue weighted by Gasteiger charge is 2.22. The molecule has 3 rings (SSSR count). The minimum atomic E-state index is 0.0367. The maximum Gasteiger partial charge on any atom is 0.146 e. The third kappa shape index (κ3) is 2.82. The zero-order valence-electron chi connectivity index (χ0n) is 12.8. The number of benzene rings is 2. The van der Waals surface area contributed by atoms with E-state index in [0.717, 1.165) is 29.3 Å². The number of rotatable bonds is 3. The van der Waals surface area contributed by atoms with Gasteiger partial charge in [0.2, 0.25) is 0 Å². The highest BCUT2D eigenvalue weighted by atomic mass is 16.5. The molecule has 0 saturated heterocycles. The molecule has 0 fully saturated rings. The van der Waals surface area contributed by atoms with Gasteiger partial charge in [-0.2, -0.15) is 0 Å². The summed E-state index contributed by atoms with van der Waals surface area (Å²) in [6.07, 6.45) is 0.0367. The van der Waals surface area contributed by atoms with E-state index < -0.39 is 0 Å². The normalized spacial score (nSPS) is 16.6. The van der Waals surface area contributed by atoms with Crippen molar-refractivity contribution in [3.05, 3.63) is 53.1 Å². The van der Waals surface area contributed by atoms with E-state index in [1.165, 1.54) is 11.1 Å². The van der Waals surface area contributed by atoms with Crippen molar-refractivity contribution < 1.29 is 9.47 Å². The standard InChI is InChI=1S/C18H21NO2/c1-4-20-15-7-5-14(6-8-15)17-11-19-16-10-12(2)9-13(3)18(16)21-17/h5-10,17,19H,4,11H2,1-3H3. The van der Waals surface area contributed by atoms with E-state index in [4.69, 9.17) is 9.47 Å². The molecule has 0 aliphatic carbocycles. The summed E-state index contributed by atoms with van der Waals surface area (Å²) in [6.45, 7) is 7.65. The van der Waals surface area contributed by atoms with Crippen LogP contribution >= 0.6 is 0 Å². The minimum Gasteiger partial charge on any atom is -0.494 e. The SMILES string of the molecule is CCOc1ccc(C2CNc3cc(C)cc(C)c3O2)cc1. The predicted octanol–water partition coefficient (Wildman–Crippen LogP) is 4.25. The van der Waals surface area contributed by atoms with Gasteiger partial charge in [-0.3, -0.25) is 0 Å². The summed E-state index contributed by atoms with van der Waals surface area (Å²) in [5.74, 6) is 1.86. The van der Waals surface area contributed by atoms with Gasteiger partial charge in [-0.05, 0) is 55.7 Å². The Labute approximate surface area is 125 Å². The topological polar surface area (TPSA) is 30.5 Å². The smallest absolute Gasteiger partial charge is 0.146 e. The Morgan fingerprint density at radius 1 is 1.19 bits per heavy atom. The molecule has 1 N–H and O–H groups in total. The van der Waals surface area contributed by atoms with E-state index >= 15 is 0 Å². The molecule has 2 aromatic rings. The van der Waals surface area contributed by atoms with Crippen LogP contribution in [0.1, 0.15) is 29.7 Å². The minimum absolute atomic E-state index is 0.0367. The van der Waals surface area contributed by atoms with Crippen molar-refractivity contribution in [3.63, 3.8) is 0 Å². The molecule has 1 atom stereocenters. The van der Waals surface area contributed by atoms with Crippen LogP contribution in [0.3, 0.4) is 0 Å². The second kappa shape index (κ2) is 5.68. The quantitative estimate of drug-likeness (QED) is 0.913. The summed E-state index contributed by atoms with van der Waals surface area (Å²) >= 11 is 0. The summed E-state index contributed by atoms with van der Waals surface area (Å²) in [5, 5.41) is 3.48. The van der Waals surface area contributed by atoms with Gasteiger partial charge in [-0.15, -0.1) is 0 Å². The maximum atomic E-state index is 6.20. The van der Waals surface area contributed by atoms with Crippen molar-refractivity contribution in [3.8, 4) is 11.5 Å². The Balaban J connectivity index is 1.82. The summed E-state index contributed by atoms with van der Waals surface area (Å²) in [4.78, 5) is 0. The molecule has 0 spiro atoms. The van der Waals surface area contributed by atoms with Crippen LogP contribution in [0.5, 0.6) is 11.5 Å². The first-order chi connectivity index (χ1) is 10.2. The van der Waals surface area contributed by atoms with Crippen LogP contribution < -0.4 is 14.8 Å². The zero-order valence-corrected chi connectivity index (χ0v) is 12.8. The van der Waals surface area contributed by atoms with Crippen LogP contribution in [-0.2, 0) is 0 Å². The average molecular weight is 283 g/mol. The Kier molecular flexibility index (Phi) is 3.74. The third-order valence-corrected chi connectivity index (χ3v) is 3.72. The lowest BCUT2D eigenvalue weighted by Gasteiger charge is -2.29. The number of ether oxygens (including phenoxy) is 2. The Morgan fingerprint density at radius 3 is 2.67 bits per heavy atom. The summed E-state index contributed by atoms with van der Waals surface area (Å²) in [7, 11) is 0. The number of anilines is 1. The number of fused-ring (bicyclic) bond motifs is 1. The molecular formula is C18H21NO2. The fraction of sp³-hybridized carbons (Fsp3) is 0.333. The van der Waals surface area contributed by atoms with Crippen molar-refractivity contribution in [1.29, 1.82) is 0 Å². The van der Waals surface area contributed by atoms with Crippen molar-refractivity contribution in [2.75, 3.05) is 18.5 Å². The van der Waals surface area contributed by atoms with E-state index in [1.807, 2.05) is 19.1 Å². The number of hydrogen-bond acceptors (Lipinski definition) is 3. The number of nitrogens with one attached hydrogen (secondary N) is 1. The van der Waals surface area contributed by atoms with Crippen LogP contribution in [0.15, 0.2) is 36.4 Å². The van der Waals surface area contributed by atoms with Gasteiger partial charge in [-0.25, -0.2) is 0 Å². The molecule has 0 radical (unpaired) electrons. The Bertz CT molecular complexity index is 634. The lowest BCUT2D eigenvalue weighted by molar-refractivity contribution is 0.209. The van der Waals surface area contributed by atoms with Gasteiger partial charge >= 0.3 is 0 Å². The molecule has 0 aromatic heterocycles. The monoisotopic (exact) mass is 283 g/mol. The largest absolute Gasteiger partial charge is 0.494 e. The first kappa shape index (κ1) is 13.8. The van der Waals surface area contributed by atoms with Crippen LogP contribution in [0.4, 0.5) is 5.69 Å². The fourth-order valence-electron chi connectivity index (χ4n) is 2.76. The molecule has 0 bridgehead atoms. The van der Waals surface area contributed by atoms with Crippen LogP contribution in [0, 0.1) is 13.8 Å². The molecule has 3 heteroatoms. The van der Waals surface area contributed by atoms with Crippen molar-refractivity contribution in [2.45, 2.75) is 26.9 Å². The van der Waals surface area contributed by atoms with Gasteiger partial charge in [-0.1, -0.05) is 18.2 Å². The van der Waals surface area contributed by atoms with Gasteiger partial charge in [0.1, 0.15) is 17.6 Å². The Morgan fingerprint density at radius 2 is 1.95 bits per heavy atom. The van der Waals surface area contributed by atoms with Gasteiger partial charge < -0.3 is 14.8 Å². The van der Waals surface area contributed by atoms with Gasteiger partial charge in [0.15, 0.2) is 0 Å². The fourth-order valence-corrected chi connectivity index (χ4v) is 2.76. The van der Waals surface area contributed by atoms with Crippen molar-refractivity contribution in [1.82, 2.24) is 0 Å². The van der Waals surface area contributed by atoms with Crippen molar-refractivity contribution in [2.24, 2.45) is 0 Å². The molecule has 3 nitrogen and oxygen atoms in total. The second-order valence-corrected chi connectivity index (χ2v) is 5.45. The average Bonchev–Trinajstić information content (AvgIpc) is 2.48.